The number of alkyl halides is 3. The van der Waals surface area contributed by atoms with Gasteiger partial charge in [-0.25, -0.2) is 0 Å². The molecule has 82 valence electrons. The van der Waals surface area contributed by atoms with Gasteiger partial charge in [-0.2, -0.15) is 18.4 Å². The van der Waals surface area contributed by atoms with Crippen molar-refractivity contribution >= 4 is 0 Å². The monoisotopic (exact) mass is 209 g/mol. The van der Waals surface area contributed by atoms with Crippen LogP contribution >= 0.6 is 0 Å². The molecule has 0 rings (SSSR count). The maximum Gasteiger partial charge on any atom is 0.391 e. The Morgan fingerprint density at radius 2 is 1.64 bits per heavy atom. The fraction of sp³-hybridized carbons (Fsp3) is 0.889. The summed E-state index contributed by atoms with van der Waals surface area (Å²) < 4.78 is 39.7. The third kappa shape index (κ3) is 7.87. The highest BCUT2D eigenvalue weighted by Crippen LogP contribution is 2.20. The summed E-state index contributed by atoms with van der Waals surface area (Å²) in [6.45, 7) is 3.31. The first kappa shape index (κ1) is 13.2. The molecule has 0 fully saturated rings. The summed E-state index contributed by atoms with van der Waals surface area (Å²) in [5.41, 5.74) is -0.530. The van der Waals surface area contributed by atoms with Gasteiger partial charge >= 0.3 is 6.18 Å². The average molecular weight is 209 g/mol. The van der Waals surface area contributed by atoms with Crippen molar-refractivity contribution in [3.05, 3.63) is 0 Å². The maximum atomic E-state index is 11.7. The first-order valence-electron chi connectivity index (χ1n) is 4.33. The van der Waals surface area contributed by atoms with Gasteiger partial charge in [0, 0.05) is 6.61 Å². The van der Waals surface area contributed by atoms with E-state index in [-0.39, 0.29) is 13.2 Å². The first-order valence-corrected chi connectivity index (χ1v) is 4.33. The minimum atomic E-state index is -4.16. The van der Waals surface area contributed by atoms with E-state index in [2.05, 4.69) is 0 Å². The van der Waals surface area contributed by atoms with Crippen LogP contribution in [-0.4, -0.2) is 19.4 Å². The Hall–Kier alpha value is -0.760. The average Bonchev–Trinajstić information content (AvgIpc) is 2.01. The third-order valence-electron chi connectivity index (χ3n) is 1.70. The molecular weight excluding hydrogens is 195 g/mol. The molecule has 0 aromatic rings. The zero-order chi connectivity index (χ0) is 11.2. The van der Waals surface area contributed by atoms with Crippen LogP contribution in [0.4, 0.5) is 13.2 Å². The van der Waals surface area contributed by atoms with Crippen molar-refractivity contribution < 1.29 is 17.9 Å². The van der Waals surface area contributed by atoms with Crippen molar-refractivity contribution in [1.29, 1.82) is 5.26 Å². The molecule has 0 aliphatic carbocycles. The molecule has 0 amide bonds. The fourth-order valence-electron chi connectivity index (χ4n) is 0.673. The number of ether oxygens (including phenoxy) is 1. The van der Waals surface area contributed by atoms with Gasteiger partial charge in [-0.05, 0) is 20.3 Å². The van der Waals surface area contributed by atoms with Crippen LogP contribution in [0, 0.1) is 16.7 Å². The Bertz CT molecular complexity index is 205. The largest absolute Gasteiger partial charge is 0.391 e. The number of rotatable bonds is 5. The van der Waals surface area contributed by atoms with Crippen LogP contribution < -0.4 is 0 Å². The summed E-state index contributed by atoms with van der Waals surface area (Å²) in [6, 6.07) is 2.05. The van der Waals surface area contributed by atoms with Crippen LogP contribution in [0.5, 0.6) is 0 Å². The molecule has 0 aromatic heterocycles. The third-order valence-corrected chi connectivity index (χ3v) is 1.70. The molecule has 0 aromatic carbocycles. The molecule has 0 spiro atoms. The van der Waals surface area contributed by atoms with E-state index < -0.39 is 18.0 Å². The van der Waals surface area contributed by atoms with Gasteiger partial charge in [-0.3, -0.25) is 0 Å². The van der Waals surface area contributed by atoms with Crippen LogP contribution in [0.2, 0.25) is 0 Å². The summed E-state index contributed by atoms with van der Waals surface area (Å²) in [5.74, 6) is 0. The molecule has 0 atom stereocenters. The summed E-state index contributed by atoms with van der Waals surface area (Å²) in [7, 11) is 0. The van der Waals surface area contributed by atoms with Crippen molar-refractivity contribution in [3.8, 4) is 6.07 Å². The van der Waals surface area contributed by atoms with Gasteiger partial charge in [-0.15, -0.1) is 0 Å². The molecule has 0 aliphatic rings. The highest BCUT2D eigenvalue weighted by molar-refractivity contribution is 4.91. The predicted octanol–water partition coefficient (Wildman–Crippen LogP) is 2.90. The smallest absolute Gasteiger partial charge is 0.381 e. The molecule has 2 nitrogen and oxygen atoms in total. The number of halogens is 3. The van der Waals surface area contributed by atoms with E-state index >= 15 is 0 Å². The fourth-order valence-corrected chi connectivity index (χ4v) is 0.673. The number of hydrogen-bond acceptors (Lipinski definition) is 2. The van der Waals surface area contributed by atoms with Crippen molar-refractivity contribution in [2.75, 3.05) is 13.2 Å². The molecule has 5 heteroatoms. The van der Waals surface area contributed by atoms with Crippen LogP contribution in [-0.2, 0) is 4.74 Å². The minimum absolute atomic E-state index is 0.191. The van der Waals surface area contributed by atoms with Crippen molar-refractivity contribution in [3.63, 3.8) is 0 Å². The minimum Gasteiger partial charge on any atom is -0.381 e. The van der Waals surface area contributed by atoms with E-state index in [1.54, 1.807) is 13.8 Å². The lowest BCUT2D eigenvalue weighted by molar-refractivity contribution is -0.145. The highest BCUT2D eigenvalue weighted by atomic mass is 19.4. The van der Waals surface area contributed by atoms with Gasteiger partial charge in [-0.1, -0.05) is 0 Å². The van der Waals surface area contributed by atoms with Gasteiger partial charge in [0.1, 0.15) is 0 Å². The molecule has 0 aliphatic heterocycles. The quantitative estimate of drug-likeness (QED) is 0.652. The van der Waals surface area contributed by atoms with Crippen LogP contribution in [0.3, 0.4) is 0 Å². The lowest BCUT2D eigenvalue weighted by Crippen LogP contribution is -2.15. The van der Waals surface area contributed by atoms with E-state index in [1.165, 1.54) is 0 Å². The number of nitriles is 1. The van der Waals surface area contributed by atoms with Gasteiger partial charge in [0.15, 0.2) is 0 Å². The van der Waals surface area contributed by atoms with E-state index in [0.29, 0.717) is 6.42 Å². The zero-order valence-corrected chi connectivity index (χ0v) is 8.32. The highest BCUT2D eigenvalue weighted by Gasteiger charge is 2.26. The maximum absolute atomic E-state index is 11.7. The Morgan fingerprint density at radius 1 is 1.14 bits per heavy atom. The first-order chi connectivity index (χ1) is 6.27. The lowest BCUT2D eigenvalue weighted by atomic mass is 9.92. The van der Waals surface area contributed by atoms with Gasteiger partial charge < -0.3 is 4.74 Å². The molecule has 0 bridgehead atoms. The standard InChI is InChI=1S/C9H14F3NO/c1-8(2,7-13)3-5-14-6-4-9(10,11)12/h3-6H2,1-2H3. The van der Waals surface area contributed by atoms with Crippen molar-refractivity contribution in [2.24, 2.45) is 5.41 Å². The molecule has 0 unspecified atom stereocenters. The summed E-state index contributed by atoms with van der Waals surface area (Å²) in [6.07, 6.45) is -4.65. The van der Waals surface area contributed by atoms with Crippen LogP contribution in [0.1, 0.15) is 26.7 Å². The molecule has 0 saturated heterocycles. The second kappa shape index (κ2) is 5.20. The lowest BCUT2D eigenvalue weighted by Gasteiger charge is -2.14. The van der Waals surface area contributed by atoms with Crippen LogP contribution in [0.15, 0.2) is 0 Å². The molecule has 0 radical (unpaired) electrons. The summed E-state index contributed by atoms with van der Waals surface area (Å²) in [4.78, 5) is 0. The summed E-state index contributed by atoms with van der Waals surface area (Å²) in [5, 5.41) is 8.59. The molecule has 0 N–H and O–H groups in total. The molecule has 0 saturated carbocycles. The van der Waals surface area contributed by atoms with Crippen LogP contribution in [0.25, 0.3) is 0 Å². The van der Waals surface area contributed by atoms with Crippen molar-refractivity contribution in [2.45, 2.75) is 32.9 Å². The molecular formula is C9H14F3NO. The second-order valence-corrected chi connectivity index (χ2v) is 3.72. The van der Waals surface area contributed by atoms with Crippen molar-refractivity contribution in [1.82, 2.24) is 0 Å². The topological polar surface area (TPSA) is 33.0 Å². The normalized spacial score (nSPS) is 12.6. The Balaban J connectivity index is 3.45. The number of hydrogen-bond donors (Lipinski definition) is 0. The Labute approximate surface area is 81.7 Å². The van der Waals surface area contributed by atoms with E-state index in [9.17, 15) is 13.2 Å². The van der Waals surface area contributed by atoms with E-state index in [1.807, 2.05) is 6.07 Å². The molecule has 0 heterocycles. The van der Waals surface area contributed by atoms with E-state index in [4.69, 9.17) is 10.00 Å². The zero-order valence-electron chi connectivity index (χ0n) is 8.32. The van der Waals surface area contributed by atoms with Gasteiger partial charge in [0.05, 0.1) is 24.5 Å². The Morgan fingerprint density at radius 3 is 2.07 bits per heavy atom. The Kier molecular flexibility index (Phi) is 4.92. The van der Waals surface area contributed by atoms with Gasteiger partial charge in [0.2, 0.25) is 0 Å². The second-order valence-electron chi connectivity index (χ2n) is 3.72. The van der Waals surface area contributed by atoms with Gasteiger partial charge in [0.25, 0.3) is 0 Å². The molecule has 14 heavy (non-hydrogen) atoms. The summed E-state index contributed by atoms with van der Waals surface area (Å²) >= 11 is 0. The number of nitrogens with zero attached hydrogens (tertiary/aromatic N) is 1. The van der Waals surface area contributed by atoms with E-state index in [0.717, 1.165) is 0 Å². The predicted molar refractivity (Wildman–Crippen MR) is 45.5 cm³/mol. The SMILES string of the molecule is CC(C)(C#N)CCOCCC(F)(F)F.